The minimum atomic E-state index is -0.176. The van der Waals surface area contributed by atoms with Crippen LogP contribution in [0.1, 0.15) is 5.56 Å². The molecule has 0 radical (unpaired) electrons. The molecular weight excluding hydrogens is 218 g/mol. The van der Waals surface area contributed by atoms with E-state index >= 15 is 0 Å². The van der Waals surface area contributed by atoms with Gasteiger partial charge in [-0.05, 0) is 35.4 Å². The van der Waals surface area contributed by atoms with E-state index in [0.29, 0.717) is 5.56 Å². The maximum Gasteiger partial charge on any atom is 0.158 e. The van der Waals surface area contributed by atoms with E-state index in [1.54, 1.807) is 24.3 Å². The van der Waals surface area contributed by atoms with Crippen molar-refractivity contribution in [1.82, 2.24) is 0 Å². The molecule has 0 fully saturated rings. The number of hydrogen-bond donors (Lipinski definition) is 4. The van der Waals surface area contributed by atoms with Crippen LogP contribution < -0.4 is 5.73 Å². The van der Waals surface area contributed by atoms with Gasteiger partial charge in [-0.25, -0.2) is 0 Å². The first kappa shape index (κ1) is 11.3. The molecule has 2 aromatic rings. The predicted molar refractivity (Wildman–Crippen MR) is 64.8 cm³/mol. The maximum atomic E-state index is 9.51. The van der Waals surface area contributed by atoms with Gasteiger partial charge in [0.05, 0.1) is 0 Å². The molecule has 88 valence electrons. The average Bonchev–Trinajstić information content (AvgIpc) is 2.33. The highest BCUT2D eigenvalue weighted by atomic mass is 16.3. The smallest absolute Gasteiger partial charge is 0.158 e. The third-order valence-electron chi connectivity index (χ3n) is 2.61. The Morgan fingerprint density at radius 2 is 1.35 bits per heavy atom. The van der Waals surface area contributed by atoms with Crippen molar-refractivity contribution in [3.05, 3.63) is 42.0 Å². The van der Waals surface area contributed by atoms with E-state index in [9.17, 15) is 15.3 Å². The van der Waals surface area contributed by atoms with E-state index in [-0.39, 0.29) is 23.8 Å². The summed E-state index contributed by atoms with van der Waals surface area (Å²) < 4.78 is 0. The van der Waals surface area contributed by atoms with Gasteiger partial charge in [0.1, 0.15) is 5.75 Å². The second-order valence-electron chi connectivity index (χ2n) is 3.75. The lowest BCUT2D eigenvalue weighted by molar-refractivity contribution is 0.404. The molecule has 4 heteroatoms. The van der Waals surface area contributed by atoms with Gasteiger partial charge < -0.3 is 21.1 Å². The zero-order chi connectivity index (χ0) is 12.4. The van der Waals surface area contributed by atoms with Gasteiger partial charge in [0, 0.05) is 12.1 Å². The molecule has 0 spiro atoms. The molecule has 4 nitrogen and oxygen atoms in total. The lowest BCUT2D eigenvalue weighted by atomic mass is 10.0. The molecule has 0 aliphatic rings. The van der Waals surface area contributed by atoms with Gasteiger partial charge in [0.15, 0.2) is 11.5 Å². The number of hydrogen-bond acceptors (Lipinski definition) is 4. The molecule has 0 aliphatic carbocycles. The SMILES string of the molecule is NCc1cc(-c2ccc(O)c(O)c2)ccc1O. The largest absolute Gasteiger partial charge is 0.508 e. The molecule has 17 heavy (non-hydrogen) atoms. The van der Waals surface area contributed by atoms with Crippen molar-refractivity contribution in [2.24, 2.45) is 5.73 Å². The van der Waals surface area contributed by atoms with Crippen LogP contribution in [0.5, 0.6) is 17.2 Å². The summed E-state index contributed by atoms with van der Waals surface area (Å²) in [6, 6.07) is 9.59. The summed E-state index contributed by atoms with van der Waals surface area (Å²) in [6.07, 6.45) is 0. The number of phenolic OH excluding ortho intramolecular Hbond substituents is 3. The van der Waals surface area contributed by atoms with Gasteiger partial charge in [0.25, 0.3) is 0 Å². The zero-order valence-electron chi connectivity index (χ0n) is 9.09. The fraction of sp³-hybridized carbons (Fsp3) is 0.0769. The first-order valence-corrected chi connectivity index (χ1v) is 5.16. The van der Waals surface area contributed by atoms with Crippen molar-refractivity contribution in [1.29, 1.82) is 0 Å². The van der Waals surface area contributed by atoms with Gasteiger partial charge in [0.2, 0.25) is 0 Å². The molecular formula is C13H13NO3. The van der Waals surface area contributed by atoms with E-state index in [1.807, 2.05) is 0 Å². The van der Waals surface area contributed by atoms with E-state index in [2.05, 4.69) is 0 Å². The van der Waals surface area contributed by atoms with Crippen LogP contribution in [0.25, 0.3) is 11.1 Å². The van der Waals surface area contributed by atoms with Crippen LogP contribution in [-0.2, 0) is 6.54 Å². The Labute approximate surface area is 98.6 Å². The van der Waals surface area contributed by atoms with Gasteiger partial charge in [-0.15, -0.1) is 0 Å². The quantitative estimate of drug-likeness (QED) is 0.595. The summed E-state index contributed by atoms with van der Waals surface area (Å²) in [5, 5.41) is 28.2. The van der Waals surface area contributed by atoms with Crippen molar-refractivity contribution in [2.45, 2.75) is 6.54 Å². The Morgan fingerprint density at radius 3 is 1.94 bits per heavy atom. The molecule has 2 aromatic carbocycles. The van der Waals surface area contributed by atoms with E-state index in [4.69, 9.17) is 5.73 Å². The van der Waals surface area contributed by atoms with Gasteiger partial charge in [-0.1, -0.05) is 12.1 Å². The summed E-state index contributed by atoms with van der Waals surface area (Å²) in [5.74, 6) is -0.185. The molecule has 0 aromatic heterocycles. The Kier molecular flexibility index (Phi) is 2.89. The normalized spacial score (nSPS) is 10.4. The lowest BCUT2D eigenvalue weighted by Gasteiger charge is -2.07. The second-order valence-corrected chi connectivity index (χ2v) is 3.75. The van der Waals surface area contributed by atoms with Crippen LogP contribution in [0, 0.1) is 0 Å². The average molecular weight is 231 g/mol. The van der Waals surface area contributed by atoms with Crippen LogP contribution in [0.4, 0.5) is 0 Å². The Morgan fingerprint density at radius 1 is 0.765 bits per heavy atom. The Hall–Kier alpha value is -2.20. The van der Waals surface area contributed by atoms with Crippen molar-refractivity contribution in [3.63, 3.8) is 0 Å². The van der Waals surface area contributed by atoms with Crippen LogP contribution >= 0.6 is 0 Å². The van der Waals surface area contributed by atoms with E-state index < -0.39 is 0 Å². The van der Waals surface area contributed by atoms with Gasteiger partial charge in [-0.3, -0.25) is 0 Å². The Bertz CT molecular complexity index is 552. The monoisotopic (exact) mass is 231 g/mol. The van der Waals surface area contributed by atoms with Crippen molar-refractivity contribution in [3.8, 4) is 28.4 Å². The number of aromatic hydroxyl groups is 3. The van der Waals surface area contributed by atoms with E-state index in [0.717, 1.165) is 11.1 Å². The summed E-state index contributed by atoms with van der Waals surface area (Å²) >= 11 is 0. The highest BCUT2D eigenvalue weighted by Gasteiger charge is 2.06. The summed E-state index contributed by atoms with van der Waals surface area (Å²) in [5.41, 5.74) is 7.70. The molecule has 0 amide bonds. The highest BCUT2D eigenvalue weighted by Crippen LogP contribution is 2.32. The number of benzene rings is 2. The molecule has 0 bridgehead atoms. The number of nitrogens with two attached hydrogens (primary N) is 1. The third kappa shape index (κ3) is 2.16. The highest BCUT2D eigenvalue weighted by molar-refractivity contribution is 5.68. The minimum Gasteiger partial charge on any atom is -0.508 e. The maximum absolute atomic E-state index is 9.51. The standard InChI is InChI=1S/C13H13NO3/c14-7-10-5-8(1-3-11(10)15)9-2-4-12(16)13(17)6-9/h1-6,15-17H,7,14H2. The first-order chi connectivity index (χ1) is 8.11. The Balaban J connectivity index is 2.49. The summed E-state index contributed by atoms with van der Waals surface area (Å²) in [4.78, 5) is 0. The minimum absolute atomic E-state index is 0.152. The van der Waals surface area contributed by atoms with Crippen LogP contribution in [-0.4, -0.2) is 15.3 Å². The predicted octanol–water partition coefficient (Wildman–Crippen LogP) is 1.93. The zero-order valence-corrected chi connectivity index (χ0v) is 9.09. The fourth-order valence-electron chi connectivity index (χ4n) is 1.63. The van der Waals surface area contributed by atoms with Crippen LogP contribution in [0.15, 0.2) is 36.4 Å². The fourth-order valence-corrected chi connectivity index (χ4v) is 1.63. The molecule has 5 N–H and O–H groups in total. The van der Waals surface area contributed by atoms with Crippen LogP contribution in [0.2, 0.25) is 0 Å². The van der Waals surface area contributed by atoms with Crippen molar-refractivity contribution >= 4 is 0 Å². The lowest BCUT2D eigenvalue weighted by Crippen LogP contribution is -1.96. The molecule has 0 heterocycles. The molecule has 0 saturated heterocycles. The van der Waals surface area contributed by atoms with Crippen LogP contribution in [0.3, 0.4) is 0 Å². The van der Waals surface area contributed by atoms with Crippen molar-refractivity contribution in [2.75, 3.05) is 0 Å². The first-order valence-electron chi connectivity index (χ1n) is 5.16. The van der Waals surface area contributed by atoms with Crippen molar-refractivity contribution < 1.29 is 15.3 Å². The number of phenols is 3. The number of rotatable bonds is 2. The molecule has 0 aliphatic heterocycles. The van der Waals surface area contributed by atoms with Gasteiger partial charge >= 0.3 is 0 Å². The molecule has 0 atom stereocenters. The molecule has 0 unspecified atom stereocenters. The summed E-state index contributed by atoms with van der Waals surface area (Å²) in [6.45, 7) is 0.240. The molecule has 2 rings (SSSR count). The van der Waals surface area contributed by atoms with E-state index in [1.165, 1.54) is 12.1 Å². The van der Waals surface area contributed by atoms with Gasteiger partial charge in [-0.2, -0.15) is 0 Å². The third-order valence-corrected chi connectivity index (χ3v) is 2.61. The second kappa shape index (κ2) is 4.35. The molecule has 0 saturated carbocycles. The summed E-state index contributed by atoms with van der Waals surface area (Å²) in [7, 11) is 0. The topological polar surface area (TPSA) is 86.7 Å².